The summed E-state index contributed by atoms with van der Waals surface area (Å²) in [5.74, 6) is 0. The summed E-state index contributed by atoms with van der Waals surface area (Å²) in [5, 5.41) is 8.13. The number of pyridine rings is 1. The molecule has 0 radical (unpaired) electrons. The van der Waals surface area contributed by atoms with Crippen LogP contribution in [-0.2, 0) is 0 Å². The van der Waals surface area contributed by atoms with E-state index in [2.05, 4.69) is 203 Å². The minimum atomic E-state index is 0.0634. The molecule has 0 saturated heterocycles. The Morgan fingerprint density at radius 2 is 0.688 bits per heavy atom. The number of fused-ring (bicyclic) bond motifs is 4. The maximum atomic E-state index is 7.43. The van der Waals surface area contributed by atoms with Gasteiger partial charge < -0.3 is 0 Å². The average Bonchev–Trinajstić information content (AvgIpc) is 3.32. The number of rotatable bonds is 0. The number of aromatic nitrogens is 1. The first-order valence-corrected chi connectivity index (χ1v) is 22.4. The zero-order valence-corrected chi connectivity index (χ0v) is 41.6. The fraction of sp³-hybridized carbons (Fsp3) is 0.254. The molecule has 0 aliphatic rings. The predicted molar refractivity (Wildman–Crippen MR) is 285 cm³/mol. The second-order valence-electron chi connectivity index (χ2n) is 17.4. The number of hydrogen-bond donors (Lipinski definition) is 0. The molecule has 0 aliphatic carbocycles. The lowest BCUT2D eigenvalue weighted by Crippen LogP contribution is -1.98. The molecule has 0 N–H and O–H groups in total. The van der Waals surface area contributed by atoms with Crippen molar-refractivity contribution in [2.75, 3.05) is 0 Å². The molecule has 64 heavy (non-hydrogen) atoms. The topological polar surface area (TPSA) is 12.9 Å². The van der Waals surface area contributed by atoms with Crippen molar-refractivity contribution >= 4 is 32.3 Å². The van der Waals surface area contributed by atoms with Crippen LogP contribution in [0.1, 0.15) is 94.5 Å². The Balaban J connectivity index is 0.000000181. The fourth-order valence-electron chi connectivity index (χ4n) is 7.58. The molecule has 9 rings (SSSR count). The molecule has 1 nitrogen and oxygen atoms in total. The Kier molecular flexibility index (Phi) is 16.6. The highest BCUT2D eigenvalue weighted by atomic mass is 14.6. The molecule has 0 amide bonds. The van der Waals surface area contributed by atoms with E-state index in [-0.39, 0.29) is 24.2 Å². The first-order valence-electron chi connectivity index (χ1n) is 24.4. The zero-order chi connectivity index (χ0) is 50.6. The van der Waals surface area contributed by atoms with Gasteiger partial charge in [-0.25, -0.2) is 0 Å². The summed E-state index contributed by atoms with van der Waals surface area (Å²) in [4.78, 5) is 3.98. The molecular weight excluding hydrogens is 771 g/mol. The maximum Gasteiger partial charge on any atom is 0.0626 e. The predicted octanol–water partition coefficient (Wildman–Crippen LogP) is 17.9. The van der Waals surface area contributed by atoms with Crippen LogP contribution in [0.4, 0.5) is 0 Å². The van der Waals surface area contributed by atoms with E-state index in [4.69, 9.17) is 5.48 Å². The monoisotopic (exact) mass is 848 g/mol. The third-order valence-electron chi connectivity index (χ3n) is 12.1. The maximum absolute atomic E-state index is 7.43. The first-order chi connectivity index (χ1) is 32.0. The van der Waals surface area contributed by atoms with Gasteiger partial charge in [-0.1, -0.05) is 162 Å². The number of nitrogens with zero attached hydrogens (tertiary/aromatic N) is 1. The van der Waals surface area contributed by atoms with Crippen LogP contribution in [0.3, 0.4) is 0 Å². The van der Waals surface area contributed by atoms with E-state index in [1.807, 2.05) is 26.2 Å². The van der Waals surface area contributed by atoms with Gasteiger partial charge in [-0.05, 0) is 210 Å². The zero-order valence-electron chi connectivity index (χ0n) is 45.6. The Bertz CT molecular complexity index is 2860. The highest BCUT2D eigenvalue weighted by Crippen LogP contribution is 2.29. The van der Waals surface area contributed by atoms with Gasteiger partial charge in [0.1, 0.15) is 0 Å². The smallest absolute Gasteiger partial charge is 0.0626 e. The normalized spacial score (nSPS) is 11.1. The molecule has 0 aliphatic heterocycles. The van der Waals surface area contributed by atoms with Gasteiger partial charge in [-0.2, -0.15) is 0 Å². The Morgan fingerprint density at radius 3 is 1.14 bits per heavy atom. The average molecular weight is 848 g/mol. The van der Waals surface area contributed by atoms with Gasteiger partial charge in [0.25, 0.3) is 0 Å². The van der Waals surface area contributed by atoms with Gasteiger partial charge in [0.15, 0.2) is 0 Å². The Morgan fingerprint density at radius 1 is 0.281 bits per heavy atom. The summed E-state index contributed by atoms with van der Waals surface area (Å²) in [7, 11) is 0. The highest BCUT2D eigenvalue weighted by Gasteiger charge is 2.08. The quantitative estimate of drug-likeness (QED) is 0.139. The standard InChI is InChI=1S/C16H14.C12H12.C12H18.2C8H10.C7H9N/c1-11-7-8-13-10-12(2)14-5-3-4-6-15(14)16(13)9-11;1-9-7-10(2)12-6-4-3-5-11(12)8-9;1-7-8(2)10(4)12(6)11(5)9(7)3;1-7-3-5-8(2)6-4-7;1-7-5-3-4-6-8(7)2;1-6-3-7(2)5-8-4-6/h3-10H,1-2H3;3-8H,1-2H3;1-6H3;2*3-6H,1-2H3;3-5H,1-2H3/i;;;3D,4D,5D,6D;;. The lowest BCUT2D eigenvalue weighted by atomic mass is 9.90. The number of benzene rings is 8. The van der Waals surface area contributed by atoms with Crippen LogP contribution in [0.2, 0.25) is 0 Å². The van der Waals surface area contributed by atoms with E-state index in [1.54, 1.807) is 13.8 Å². The van der Waals surface area contributed by atoms with Crippen molar-refractivity contribution in [2.45, 2.75) is 111 Å². The van der Waals surface area contributed by atoms with Gasteiger partial charge in [0.2, 0.25) is 0 Å². The summed E-state index contributed by atoms with van der Waals surface area (Å²) in [6.45, 7) is 33.4. The second kappa shape index (κ2) is 23.9. The molecule has 0 fully saturated rings. The second-order valence-corrected chi connectivity index (χ2v) is 17.4. The summed E-state index contributed by atoms with van der Waals surface area (Å²) >= 11 is 0. The summed E-state index contributed by atoms with van der Waals surface area (Å²) in [5.41, 5.74) is 20.1. The van der Waals surface area contributed by atoms with E-state index in [9.17, 15) is 0 Å². The van der Waals surface area contributed by atoms with Crippen molar-refractivity contribution in [2.24, 2.45) is 0 Å². The van der Waals surface area contributed by atoms with Crippen molar-refractivity contribution in [3.8, 4) is 0 Å². The molecule has 8 aromatic carbocycles. The van der Waals surface area contributed by atoms with Crippen LogP contribution < -0.4 is 0 Å². The molecule has 0 atom stereocenters. The molecule has 0 saturated carbocycles. The summed E-state index contributed by atoms with van der Waals surface area (Å²) in [6, 6.07) is 41.2. The number of aryl methyl sites for hydroxylation is 8. The molecule has 0 unspecified atom stereocenters. The molecule has 0 bridgehead atoms. The van der Waals surface area contributed by atoms with Gasteiger partial charge >= 0.3 is 0 Å². The SMILES string of the molecule is Cc1c(C)c(C)c(C)c(C)c1C.Cc1cc(C)c2ccccc2c1.Cc1ccc2cc(C)c3ccccc3c2c1.Cc1ccccc1C.Cc1cncc(C)c1.[2H]c1c([2H])c(C)c([2H])c([2H])c1C. The van der Waals surface area contributed by atoms with Crippen molar-refractivity contribution in [3.05, 3.63) is 241 Å². The molecule has 330 valence electrons. The molecular formula is C63H73N. The van der Waals surface area contributed by atoms with Crippen molar-refractivity contribution in [1.82, 2.24) is 4.98 Å². The van der Waals surface area contributed by atoms with Gasteiger partial charge in [-0.3, -0.25) is 4.98 Å². The van der Waals surface area contributed by atoms with E-state index in [0.717, 1.165) is 0 Å². The van der Waals surface area contributed by atoms with Crippen molar-refractivity contribution < 1.29 is 5.48 Å². The summed E-state index contributed by atoms with van der Waals surface area (Å²) < 4.78 is 29.7. The minimum Gasteiger partial charge on any atom is -0.264 e. The van der Waals surface area contributed by atoms with Crippen LogP contribution >= 0.6 is 0 Å². The fourth-order valence-corrected chi connectivity index (χ4v) is 7.58. The van der Waals surface area contributed by atoms with E-state index >= 15 is 0 Å². The summed E-state index contributed by atoms with van der Waals surface area (Å²) in [6.07, 6.45) is 3.71. The molecule has 0 spiro atoms. The van der Waals surface area contributed by atoms with Crippen molar-refractivity contribution in [3.63, 3.8) is 0 Å². The van der Waals surface area contributed by atoms with Gasteiger partial charge in [0, 0.05) is 12.4 Å². The first kappa shape index (κ1) is 44.3. The third-order valence-corrected chi connectivity index (χ3v) is 12.1. The largest absolute Gasteiger partial charge is 0.264 e. The van der Waals surface area contributed by atoms with Crippen molar-refractivity contribution in [1.29, 1.82) is 0 Å². The highest BCUT2D eigenvalue weighted by molar-refractivity contribution is 6.09. The van der Waals surface area contributed by atoms with Gasteiger partial charge in [0.05, 0.1) is 5.48 Å². The Hall–Kier alpha value is -6.31. The Labute approximate surface area is 392 Å². The van der Waals surface area contributed by atoms with Gasteiger partial charge in [-0.15, -0.1) is 0 Å². The van der Waals surface area contributed by atoms with E-state index in [1.165, 1.54) is 110 Å². The van der Waals surface area contributed by atoms with Crippen LogP contribution in [0.15, 0.2) is 152 Å². The number of hydrogen-bond acceptors (Lipinski definition) is 1. The lowest BCUT2D eigenvalue weighted by molar-refractivity contribution is 1.13. The third kappa shape index (κ3) is 14.4. The molecule has 1 aromatic heterocycles. The van der Waals surface area contributed by atoms with Crippen LogP contribution in [0, 0.1) is 111 Å². The molecule has 1 heteroatoms. The lowest BCUT2D eigenvalue weighted by Gasteiger charge is -2.15. The molecule has 1 heterocycles. The van der Waals surface area contributed by atoms with E-state index in [0.29, 0.717) is 11.1 Å². The van der Waals surface area contributed by atoms with Crippen LogP contribution in [0.5, 0.6) is 0 Å². The van der Waals surface area contributed by atoms with Crippen LogP contribution in [0.25, 0.3) is 32.3 Å². The van der Waals surface area contributed by atoms with E-state index < -0.39 is 0 Å². The molecule has 9 aromatic rings. The minimum absolute atomic E-state index is 0.0634. The van der Waals surface area contributed by atoms with Crippen LogP contribution in [-0.4, -0.2) is 4.98 Å².